The molecule has 0 bridgehead atoms. The van der Waals surface area contributed by atoms with Crippen LogP contribution in [0.15, 0.2) is 59.4 Å². The zero-order chi connectivity index (χ0) is 19.6. The average molecular weight is 371 g/mol. The Hall–Kier alpha value is -3.48. The van der Waals surface area contributed by atoms with E-state index >= 15 is 0 Å². The Bertz CT molecular complexity index is 1080. The molecule has 5 nitrogen and oxygen atoms in total. The Balaban J connectivity index is 1.88. The molecule has 0 atom stereocenters. The first-order chi connectivity index (χ1) is 12.8. The second-order valence-corrected chi connectivity index (χ2v) is 5.89. The molecule has 3 rings (SSSR count). The number of halogens is 2. The molecule has 0 saturated carbocycles. The Kier molecular flexibility index (Phi) is 5.03. The van der Waals surface area contributed by atoms with Gasteiger partial charge in [0.2, 0.25) is 0 Å². The number of benzene rings is 2. The van der Waals surface area contributed by atoms with E-state index in [0.717, 1.165) is 12.1 Å². The van der Waals surface area contributed by atoms with E-state index in [1.54, 1.807) is 25.1 Å². The zero-order valence-electron chi connectivity index (χ0n) is 14.3. The lowest BCUT2D eigenvalue weighted by Crippen LogP contribution is -2.20. The fourth-order valence-electron chi connectivity index (χ4n) is 2.66. The molecule has 0 amide bonds. The van der Waals surface area contributed by atoms with E-state index in [0.29, 0.717) is 11.4 Å². The van der Waals surface area contributed by atoms with Gasteiger partial charge in [-0.3, -0.25) is 9.36 Å². The van der Waals surface area contributed by atoms with Crippen LogP contribution in [-0.4, -0.2) is 15.6 Å². The number of aryl methyl sites for hydroxylation is 1. The van der Waals surface area contributed by atoms with Crippen molar-refractivity contribution >= 4 is 5.97 Å². The van der Waals surface area contributed by atoms with E-state index in [1.165, 1.54) is 28.8 Å². The van der Waals surface area contributed by atoms with Gasteiger partial charge in [0.15, 0.2) is 0 Å². The first-order valence-corrected chi connectivity index (χ1v) is 7.99. The van der Waals surface area contributed by atoms with Crippen LogP contribution in [-0.2, 0) is 6.61 Å². The van der Waals surface area contributed by atoms with E-state index < -0.39 is 23.2 Å². The Labute approximate surface area is 153 Å². The summed E-state index contributed by atoms with van der Waals surface area (Å²) in [6.07, 6.45) is 0. The molecule has 0 aliphatic carbocycles. The molecule has 0 unspecified atom stereocenters. The number of carboxylic acids is 1. The highest BCUT2D eigenvalue weighted by Gasteiger charge is 2.11. The fraction of sp³-hybridized carbons (Fsp3) is 0.100. The molecule has 0 saturated heterocycles. The highest BCUT2D eigenvalue weighted by molar-refractivity contribution is 5.88. The largest absolute Gasteiger partial charge is 0.489 e. The second-order valence-electron chi connectivity index (χ2n) is 5.89. The average Bonchev–Trinajstić information content (AvgIpc) is 2.60. The van der Waals surface area contributed by atoms with Crippen molar-refractivity contribution in [1.82, 2.24) is 4.57 Å². The summed E-state index contributed by atoms with van der Waals surface area (Å²) in [5.41, 5.74) is 0.721. The molecule has 0 aliphatic heterocycles. The minimum Gasteiger partial charge on any atom is -0.489 e. The summed E-state index contributed by atoms with van der Waals surface area (Å²) in [5.74, 6) is -2.28. The van der Waals surface area contributed by atoms with E-state index in [-0.39, 0.29) is 23.5 Å². The van der Waals surface area contributed by atoms with Crippen LogP contribution in [0.3, 0.4) is 0 Å². The van der Waals surface area contributed by atoms with E-state index in [9.17, 15) is 18.4 Å². The van der Waals surface area contributed by atoms with Gasteiger partial charge < -0.3 is 9.84 Å². The van der Waals surface area contributed by atoms with Crippen LogP contribution in [0.25, 0.3) is 5.69 Å². The van der Waals surface area contributed by atoms with Crippen molar-refractivity contribution in [2.45, 2.75) is 13.5 Å². The Morgan fingerprint density at radius 1 is 1.11 bits per heavy atom. The third kappa shape index (κ3) is 4.03. The van der Waals surface area contributed by atoms with Gasteiger partial charge in [-0.05, 0) is 37.3 Å². The number of aromatic nitrogens is 1. The maximum Gasteiger partial charge on any atom is 0.335 e. The van der Waals surface area contributed by atoms with E-state index in [4.69, 9.17) is 9.84 Å². The van der Waals surface area contributed by atoms with Crippen LogP contribution >= 0.6 is 0 Å². The molecular formula is C20H15F2NO4. The van der Waals surface area contributed by atoms with Gasteiger partial charge in [0, 0.05) is 35.1 Å². The molecule has 0 spiro atoms. The van der Waals surface area contributed by atoms with Crippen LogP contribution in [0.5, 0.6) is 5.75 Å². The fourth-order valence-corrected chi connectivity index (χ4v) is 2.66. The number of nitrogens with zero attached hydrogens (tertiary/aromatic N) is 1. The van der Waals surface area contributed by atoms with Gasteiger partial charge in [-0.1, -0.05) is 6.07 Å². The predicted octanol–water partition coefficient (Wildman–Crippen LogP) is 3.70. The van der Waals surface area contributed by atoms with Gasteiger partial charge in [0.05, 0.1) is 5.56 Å². The molecule has 1 heterocycles. The number of carboxylic acid groups (broad SMARTS) is 1. The van der Waals surface area contributed by atoms with Gasteiger partial charge in [-0.2, -0.15) is 0 Å². The second kappa shape index (κ2) is 7.41. The number of hydrogen-bond acceptors (Lipinski definition) is 3. The summed E-state index contributed by atoms with van der Waals surface area (Å²) in [6, 6.07) is 12.0. The van der Waals surface area contributed by atoms with Crippen LogP contribution in [0.1, 0.15) is 21.6 Å². The summed E-state index contributed by atoms with van der Waals surface area (Å²) < 4.78 is 33.4. The number of rotatable bonds is 5. The molecule has 0 fully saturated rings. The summed E-state index contributed by atoms with van der Waals surface area (Å²) in [5, 5.41) is 9.10. The molecule has 0 radical (unpaired) electrons. The van der Waals surface area contributed by atoms with Gasteiger partial charge in [0.1, 0.15) is 24.0 Å². The monoisotopic (exact) mass is 371 g/mol. The lowest BCUT2D eigenvalue weighted by Gasteiger charge is -2.13. The van der Waals surface area contributed by atoms with Crippen molar-refractivity contribution < 1.29 is 23.4 Å². The molecule has 3 aromatic rings. The SMILES string of the molecule is Cc1cc(OCc2ccc(F)cc2F)cc(=O)n1-c1cccc(C(=O)O)c1. The molecular weight excluding hydrogens is 356 g/mol. The van der Waals surface area contributed by atoms with E-state index in [2.05, 4.69) is 0 Å². The van der Waals surface area contributed by atoms with Gasteiger partial charge in [-0.25, -0.2) is 13.6 Å². The highest BCUT2D eigenvalue weighted by Crippen LogP contribution is 2.18. The summed E-state index contributed by atoms with van der Waals surface area (Å²) in [4.78, 5) is 23.6. The number of pyridine rings is 1. The maximum atomic E-state index is 13.7. The van der Waals surface area contributed by atoms with Crippen molar-refractivity contribution in [2.75, 3.05) is 0 Å². The lowest BCUT2D eigenvalue weighted by atomic mass is 10.2. The quantitative estimate of drug-likeness (QED) is 0.743. The minimum atomic E-state index is -1.09. The minimum absolute atomic E-state index is 0.0610. The smallest absolute Gasteiger partial charge is 0.335 e. The van der Waals surface area contributed by atoms with Crippen LogP contribution in [0.4, 0.5) is 8.78 Å². The summed E-state index contributed by atoms with van der Waals surface area (Å²) in [7, 11) is 0. The number of ether oxygens (including phenoxy) is 1. The predicted molar refractivity (Wildman–Crippen MR) is 94.4 cm³/mol. The van der Waals surface area contributed by atoms with Crippen molar-refractivity contribution in [3.05, 3.63) is 93.4 Å². The molecule has 1 N–H and O–H groups in total. The molecule has 138 valence electrons. The highest BCUT2D eigenvalue weighted by atomic mass is 19.1. The van der Waals surface area contributed by atoms with Crippen molar-refractivity contribution in [1.29, 1.82) is 0 Å². The first kappa shape index (κ1) is 18.3. The normalized spacial score (nSPS) is 10.6. The molecule has 0 aliphatic rings. The number of hydrogen-bond donors (Lipinski definition) is 1. The van der Waals surface area contributed by atoms with Gasteiger partial charge in [0.25, 0.3) is 5.56 Å². The standard InChI is InChI=1S/C20H15F2NO4/c1-12-7-17(27-11-14-5-6-15(21)9-18(14)22)10-19(24)23(12)16-4-2-3-13(8-16)20(25)26/h2-10H,11H2,1H3,(H,25,26). The van der Waals surface area contributed by atoms with Crippen LogP contribution in [0, 0.1) is 18.6 Å². The van der Waals surface area contributed by atoms with Crippen LogP contribution in [0.2, 0.25) is 0 Å². The van der Waals surface area contributed by atoms with Crippen molar-refractivity contribution in [3.8, 4) is 11.4 Å². The first-order valence-electron chi connectivity index (χ1n) is 7.99. The summed E-state index contributed by atoms with van der Waals surface area (Å²) in [6.45, 7) is 1.50. The lowest BCUT2D eigenvalue weighted by molar-refractivity contribution is 0.0697. The van der Waals surface area contributed by atoms with Crippen LogP contribution < -0.4 is 10.3 Å². The number of aromatic carboxylic acids is 1. The van der Waals surface area contributed by atoms with Gasteiger partial charge >= 0.3 is 5.97 Å². The van der Waals surface area contributed by atoms with Crippen molar-refractivity contribution in [2.24, 2.45) is 0 Å². The number of carbonyl (C=O) groups is 1. The zero-order valence-corrected chi connectivity index (χ0v) is 14.3. The van der Waals surface area contributed by atoms with Gasteiger partial charge in [-0.15, -0.1) is 0 Å². The third-order valence-electron chi connectivity index (χ3n) is 3.95. The summed E-state index contributed by atoms with van der Waals surface area (Å²) >= 11 is 0. The molecule has 7 heteroatoms. The Morgan fingerprint density at radius 2 is 1.89 bits per heavy atom. The van der Waals surface area contributed by atoms with Crippen molar-refractivity contribution in [3.63, 3.8) is 0 Å². The molecule has 1 aromatic heterocycles. The maximum absolute atomic E-state index is 13.7. The molecule has 2 aromatic carbocycles. The Morgan fingerprint density at radius 3 is 2.56 bits per heavy atom. The molecule has 27 heavy (non-hydrogen) atoms. The topological polar surface area (TPSA) is 68.5 Å². The van der Waals surface area contributed by atoms with E-state index in [1.807, 2.05) is 0 Å². The third-order valence-corrected chi connectivity index (χ3v) is 3.95.